The molecular weight excluding hydrogens is 462 g/mol. The molecule has 3 aromatic carbocycles. The Morgan fingerprint density at radius 3 is 2.33 bits per heavy atom. The van der Waals surface area contributed by atoms with Crippen molar-refractivity contribution in [3.05, 3.63) is 89.5 Å². The van der Waals surface area contributed by atoms with E-state index in [1.807, 2.05) is 6.07 Å². The number of ketones is 1. The van der Waals surface area contributed by atoms with E-state index in [4.69, 9.17) is 9.47 Å². The number of ether oxygens (including phenoxy) is 2. The molecule has 2 heterocycles. The van der Waals surface area contributed by atoms with Gasteiger partial charge in [0.15, 0.2) is 17.3 Å². The summed E-state index contributed by atoms with van der Waals surface area (Å²) in [6.07, 6.45) is 0. The standard InChI is InChI=1S/C27H23N3O6/c1-27(19-9-12-22-23(15-19)36-14-13-35-22)25(33)30(26(34)29-27)16-21(31)17-7-10-20(11-8-17)28-24(32)18-5-3-2-4-6-18/h2-12,15H,13-14,16H2,1H3,(H,28,32)(H,29,34)/t27-/m0/s1. The Kier molecular flexibility index (Phi) is 5.89. The molecule has 2 aliphatic heterocycles. The molecule has 0 spiro atoms. The number of anilines is 1. The maximum absolute atomic E-state index is 13.3. The highest BCUT2D eigenvalue weighted by Crippen LogP contribution is 2.36. The van der Waals surface area contributed by atoms with E-state index in [1.165, 1.54) is 0 Å². The van der Waals surface area contributed by atoms with E-state index in [0.29, 0.717) is 47.1 Å². The largest absolute Gasteiger partial charge is 0.486 e. The number of nitrogens with zero attached hydrogens (tertiary/aromatic N) is 1. The lowest BCUT2D eigenvalue weighted by molar-refractivity contribution is -0.130. The Bertz CT molecular complexity index is 1360. The van der Waals surface area contributed by atoms with Crippen LogP contribution in [0.25, 0.3) is 0 Å². The van der Waals surface area contributed by atoms with E-state index >= 15 is 0 Å². The quantitative estimate of drug-likeness (QED) is 0.409. The Hall–Kier alpha value is -4.66. The smallest absolute Gasteiger partial charge is 0.325 e. The highest BCUT2D eigenvalue weighted by Gasteiger charge is 2.49. The SMILES string of the molecule is C[C@@]1(c2ccc3c(c2)OCCO3)NC(=O)N(CC(=O)c2ccc(NC(=O)c3ccccc3)cc2)C1=O. The first-order valence-corrected chi connectivity index (χ1v) is 11.4. The fourth-order valence-electron chi connectivity index (χ4n) is 4.16. The molecule has 0 bridgehead atoms. The molecule has 182 valence electrons. The highest BCUT2D eigenvalue weighted by molar-refractivity contribution is 6.11. The van der Waals surface area contributed by atoms with Crippen molar-refractivity contribution in [1.29, 1.82) is 0 Å². The summed E-state index contributed by atoms with van der Waals surface area (Å²) in [6, 6.07) is 19.4. The van der Waals surface area contributed by atoms with Crippen LogP contribution in [-0.2, 0) is 10.3 Å². The average Bonchev–Trinajstić information content (AvgIpc) is 3.13. The minimum absolute atomic E-state index is 0.271. The van der Waals surface area contributed by atoms with E-state index in [2.05, 4.69) is 10.6 Å². The van der Waals surface area contributed by atoms with Gasteiger partial charge in [0.2, 0.25) is 0 Å². The molecular formula is C27H23N3O6. The van der Waals surface area contributed by atoms with Crippen LogP contribution in [0.3, 0.4) is 0 Å². The van der Waals surface area contributed by atoms with Crippen LogP contribution < -0.4 is 20.1 Å². The Morgan fingerprint density at radius 2 is 1.61 bits per heavy atom. The van der Waals surface area contributed by atoms with Crippen molar-refractivity contribution in [3.8, 4) is 11.5 Å². The Labute approximate surface area is 207 Å². The number of carbonyl (C=O) groups is 4. The van der Waals surface area contributed by atoms with Gasteiger partial charge in [0, 0.05) is 16.8 Å². The maximum Gasteiger partial charge on any atom is 0.325 e. The van der Waals surface area contributed by atoms with Crippen molar-refractivity contribution < 1.29 is 28.7 Å². The van der Waals surface area contributed by atoms with E-state index < -0.39 is 29.8 Å². The second-order valence-electron chi connectivity index (χ2n) is 8.63. The number of benzene rings is 3. The third-order valence-electron chi connectivity index (χ3n) is 6.20. The average molecular weight is 485 g/mol. The number of urea groups is 1. The predicted molar refractivity (Wildman–Crippen MR) is 130 cm³/mol. The highest BCUT2D eigenvalue weighted by atomic mass is 16.6. The first-order valence-electron chi connectivity index (χ1n) is 11.4. The van der Waals surface area contributed by atoms with Crippen molar-refractivity contribution in [2.24, 2.45) is 0 Å². The molecule has 2 aliphatic rings. The fraction of sp³-hybridized carbons (Fsp3) is 0.185. The molecule has 0 radical (unpaired) electrons. The van der Waals surface area contributed by atoms with Crippen LogP contribution in [0.1, 0.15) is 33.2 Å². The monoisotopic (exact) mass is 485 g/mol. The first-order chi connectivity index (χ1) is 17.3. The molecule has 1 atom stereocenters. The summed E-state index contributed by atoms with van der Waals surface area (Å²) in [7, 11) is 0. The summed E-state index contributed by atoms with van der Waals surface area (Å²) in [5.41, 5.74) is 0.511. The van der Waals surface area contributed by atoms with Crippen molar-refractivity contribution in [1.82, 2.24) is 10.2 Å². The lowest BCUT2D eigenvalue weighted by Gasteiger charge is -2.25. The van der Waals surface area contributed by atoms with Crippen molar-refractivity contribution in [2.75, 3.05) is 25.1 Å². The molecule has 0 saturated carbocycles. The van der Waals surface area contributed by atoms with Gasteiger partial charge in [0.25, 0.3) is 11.8 Å². The van der Waals surface area contributed by atoms with E-state index in [1.54, 1.807) is 73.7 Å². The van der Waals surface area contributed by atoms with Crippen molar-refractivity contribution in [3.63, 3.8) is 0 Å². The molecule has 9 heteroatoms. The van der Waals surface area contributed by atoms with Crippen LogP contribution in [0.2, 0.25) is 0 Å². The second kappa shape index (κ2) is 9.18. The zero-order chi connectivity index (χ0) is 25.3. The van der Waals surface area contributed by atoms with Gasteiger partial charge in [-0.15, -0.1) is 0 Å². The Morgan fingerprint density at radius 1 is 0.917 bits per heavy atom. The summed E-state index contributed by atoms with van der Waals surface area (Å²) in [6.45, 7) is 2.01. The van der Waals surface area contributed by atoms with Gasteiger partial charge in [-0.3, -0.25) is 19.3 Å². The predicted octanol–water partition coefficient (Wildman–Crippen LogP) is 3.36. The number of hydrogen-bond donors (Lipinski definition) is 2. The number of fused-ring (bicyclic) bond motifs is 1. The fourth-order valence-corrected chi connectivity index (χ4v) is 4.16. The maximum atomic E-state index is 13.3. The van der Waals surface area contributed by atoms with Gasteiger partial charge >= 0.3 is 6.03 Å². The van der Waals surface area contributed by atoms with Gasteiger partial charge < -0.3 is 20.1 Å². The summed E-state index contributed by atoms with van der Waals surface area (Å²) >= 11 is 0. The molecule has 3 aromatic rings. The summed E-state index contributed by atoms with van der Waals surface area (Å²) < 4.78 is 11.1. The minimum Gasteiger partial charge on any atom is -0.486 e. The number of nitrogens with one attached hydrogen (secondary N) is 2. The molecule has 4 amide bonds. The van der Waals surface area contributed by atoms with E-state index in [0.717, 1.165) is 4.90 Å². The van der Waals surface area contributed by atoms with Crippen LogP contribution in [0.4, 0.5) is 10.5 Å². The van der Waals surface area contributed by atoms with Gasteiger partial charge in [-0.25, -0.2) is 4.79 Å². The van der Waals surface area contributed by atoms with E-state index in [9.17, 15) is 19.2 Å². The van der Waals surface area contributed by atoms with Gasteiger partial charge in [-0.2, -0.15) is 0 Å². The normalized spacial score (nSPS) is 18.5. The van der Waals surface area contributed by atoms with Crippen molar-refractivity contribution >= 4 is 29.3 Å². The minimum atomic E-state index is -1.35. The summed E-state index contributed by atoms with van der Waals surface area (Å²) in [5.74, 6) is -0.153. The zero-order valence-electron chi connectivity index (χ0n) is 19.4. The number of imide groups is 1. The number of hydrogen-bond acceptors (Lipinski definition) is 6. The second-order valence-corrected chi connectivity index (χ2v) is 8.63. The van der Waals surface area contributed by atoms with Gasteiger partial charge in [-0.05, 0) is 61.0 Å². The topological polar surface area (TPSA) is 114 Å². The molecule has 0 aliphatic carbocycles. The van der Waals surface area contributed by atoms with Crippen LogP contribution in [0.5, 0.6) is 11.5 Å². The number of carbonyl (C=O) groups excluding carboxylic acids is 4. The lowest BCUT2D eigenvalue weighted by Crippen LogP contribution is -2.41. The van der Waals surface area contributed by atoms with Gasteiger partial charge in [-0.1, -0.05) is 24.3 Å². The number of Topliss-reactive ketones (excluding diaryl/α,β-unsaturated/α-hetero) is 1. The first kappa shape index (κ1) is 23.1. The summed E-state index contributed by atoms with van der Waals surface area (Å²) in [5, 5.41) is 5.46. The number of rotatable bonds is 6. The Balaban J connectivity index is 1.27. The third-order valence-corrected chi connectivity index (χ3v) is 6.20. The lowest BCUT2D eigenvalue weighted by atomic mass is 9.91. The van der Waals surface area contributed by atoms with Crippen LogP contribution >= 0.6 is 0 Å². The molecule has 1 saturated heterocycles. The van der Waals surface area contributed by atoms with Crippen molar-refractivity contribution in [2.45, 2.75) is 12.5 Å². The molecule has 0 aromatic heterocycles. The third kappa shape index (κ3) is 4.26. The molecule has 1 fully saturated rings. The van der Waals surface area contributed by atoms with Gasteiger partial charge in [0.1, 0.15) is 18.8 Å². The van der Waals surface area contributed by atoms with Crippen LogP contribution in [-0.4, -0.2) is 48.3 Å². The van der Waals surface area contributed by atoms with Gasteiger partial charge in [0.05, 0.1) is 6.54 Å². The molecule has 5 rings (SSSR count). The zero-order valence-corrected chi connectivity index (χ0v) is 19.4. The summed E-state index contributed by atoms with van der Waals surface area (Å²) in [4.78, 5) is 52.0. The van der Waals surface area contributed by atoms with Crippen LogP contribution in [0.15, 0.2) is 72.8 Å². The number of amides is 4. The molecule has 36 heavy (non-hydrogen) atoms. The van der Waals surface area contributed by atoms with E-state index in [-0.39, 0.29) is 5.91 Å². The van der Waals surface area contributed by atoms with Crippen LogP contribution in [0, 0.1) is 0 Å². The molecule has 0 unspecified atom stereocenters. The molecule has 2 N–H and O–H groups in total. The molecule has 9 nitrogen and oxygen atoms in total.